The standard InChI is InChI=1S/C21H29NO2/c1-2-21(23)19-13-12-18-10-6-14-22(18)20(19)11-7-15-24-16-17-8-4-3-5-9-17/h3-5,8-9,18H,2,6-7,10-16H2,1H3/t18-/m1/s1. The number of nitrogens with zero attached hydrogens (tertiary/aromatic N) is 1. The van der Waals surface area contributed by atoms with E-state index in [2.05, 4.69) is 17.0 Å². The smallest absolute Gasteiger partial charge is 0.160 e. The summed E-state index contributed by atoms with van der Waals surface area (Å²) in [6, 6.07) is 11.0. The molecule has 0 amide bonds. The van der Waals surface area contributed by atoms with E-state index in [1.165, 1.54) is 24.1 Å². The molecule has 0 saturated carbocycles. The van der Waals surface area contributed by atoms with Gasteiger partial charge in [-0.2, -0.15) is 0 Å². The molecule has 2 heterocycles. The number of rotatable bonds is 8. The first-order valence-corrected chi connectivity index (χ1v) is 9.43. The van der Waals surface area contributed by atoms with Crippen LogP contribution in [-0.4, -0.2) is 29.9 Å². The number of allylic oxidation sites excluding steroid dienone is 2. The van der Waals surface area contributed by atoms with Gasteiger partial charge in [0.25, 0.3) is 0 Å². The lowest BCUT2D eigenvalue weighted by molar-refractivity contribution is -0.115. The van der Waals surface area contributed by atoms with E-state index >= 15 is 0 Å². The molecule has 1 saturated heterocycles. The van der Waals surface area contributed by atoms with Gasteiger partial charge in [0.05, 0.1) is 6.61 Å². The van der Waals surface area contributed by atoms with E-state index < -0.39 is 0 Å². The number of Topliss-reactive ketones (excluding diaryl/α,β-unsaturated/α-hetero) is 1. The van der Waals surface area contributed by atoms with Gasteiger partial charge < -0.3 is 9.64 Å². The summed E-state index contributed by atoms with van der Waals surface area (Å²) < 4.78 is 5.82. The highest BCUT2D eigenvalue weighted by atomic mass is 16.5. The van der Waals surface area contributed by atoms with Gasteiger partial charge >= 0.3 is 0 Å². The minimum absolute atomic E-state index is 0.348. The molecule has 2 aliphatic rings. The minimum atomic E-state index is 0.348. The summed E-state index contributed by atoms with van der Waals surface area (Å²) in [4.78, 5) is 14.9. The summed E-state index contributed by atoms with van der Waals surface area (Å²) in [5.74, 6) is 0.348. The van der Waals surface area contributed by atoms with E-state index in [1.54, 1.807) is 0 Å². The predicted molar refractivity (Wildman–Crippen MR) is 96.6 cm³/mol. The molecule has 3 rings (SSSR count). The van der Waals surface area contributed by atoms with Crippen molar-refractivity contribution in [3.05, 3.63) is 47.2 Å². The number of fused-ring (bicyclic) bond motifs is 1. The molecule has 3 nitrogen and oxygen atoms in total. The van der Waals surface area contributed by atoms with Crippen LogP contribution in [0.5, 0.6) is 0 Å². The average molecular weight is 327 g/mol. The van der Waals surface area contributed by atoms with Crippen molar-refractivity contribution in [3.8, 4) is 0 Å². The zero-order valence-corrected chi connectivity index (χ0v) is 14.8. The molecule has 3 heteroatoms. The van der Waals surface area contributed by atoms with E-state index in [0.717, 1.165) is 44.4 Å². The van der Waals surface area contributed by atoms with Crippen molar-refractivity contribution in [2.45, 2.75) is 64.5 Å². The normalized spacial score (nSPS) is 20.4. The molecule has 1 fully saturated rings. The summed E-state index contributed by atoms with van der Waals surface area (Å²) in [5, 5.41) is 0. The Morgan fingerprint density at radius 3 is 2.88 bits per heavy atom. The van der Waals surface area contributed by atoms with Crippen LogP contribution in [0.15, 0.2) is 41.6 Å². The second-order valence-electron chi connectivity index (χ2n) is 6.87. The fourth-order valence-electron chi connectivity index (χ4n) is 4.03. The van der Waals surface area contributed by atoms with Gasteiger partial charge in [-0.15, -0.1) is 0 Å². The van der Waals surface area contributed by atoms with Crippen LogP contribution in [0, 0.1) is 0 Å². The Hall–Kier alpha value is -1.61. The first-order chi connectivity index (χ1) is 11.8. The van der Waals surface area contributed by atoms with Crippen LogP contribution in [0.3, 0.4) is 0 Å². The summed E-state index contributed by atoms with van der Waals surface area (Å²) in [6.07, 6.45) is 7.30. The third-order valence-electron chi connectivity index (χ3n) is 5.27. The topological polar surface area (TPSA) is 29.5 Å². The van der Waals surface area contributed by atoms with Crippen LogP contribution in [0.4, 0.5) is 0 Å². The van der Waals surface area contributed by atoms with Gasteiger partial charge in [-0.05, 0) is 44.1 Å². The zero-order valence-electron chi connectivity index (χ0n) is 14.8. The van der Waals surface area contributed by atoms with E-state index in [0.29, 0.717) is 24.9 Å². The molecule has 0 unspecified atom stereocenters. The van der Waals surface area contributed by atoms with Gasteiger partial charge in [-0.3, -0.25) is 4.79 Å². The van der Waals surface area contributed by atoms with Gasteiger partial charge in [0.2, 0.25) is 0 Å². The molecule has 0 N–H and O–H groups in total. The number of ketones is 1. The van der Waals surface area contributed by atoms with Gasteiger partial charge in [-0.25, -0.2) is 0 Å². The lowest BCUT2D eigenvalue weighted by atomic mass is 9.91. The summed E-state index contributed by atoms with van der Waals surface area (Å²) in [5.41, 5.74) is 3.66. The van der Waals surface area contributed by atoms with Gasteiger partial charge in [-0.1, -0.05) is 37.3 Å². The Morgan fingerprint density at radius 2 is 2.08 bits per heavy atom. The van der Waals surface area contributed by atoms with Crippen molar-refractivity contribution in [1.82, 2.24) is 4.90 Å². The maximum atomic E-state index is 12.3. The molecule has 1 atom stereocenters. The maximum absolute atomic E-state index is 12.3. The Bertz CT molecular complexity index is 579. The molecule has 1 aromatic carbocycles. The summed E-state index contributed by atoms with van der Waals surface area (Å²) in [6.45, 7) is 4.54. The van der Waals surface area contributed by atoms with Crippen LogP contribution in [0.2, 0.25) is 0 Å². The fraction of sp³-hybridized carbons (Fsp3) is 0.571. The molecule has 0 spiro atoms. The molecule has 2 aliphatic heterocycles. The van der Waals surface area contributed by atoms with Crippen LogP contribution in [0.1, 0.15) is 57.4 Å². The second kappa shape index (κ2) is 8.48. The van der Waals surface area contributed by atoms with Gasteiger partial charge in [0, 0.05) is 36.9 Å². The number of carbonyl (C=O) groups is 1. The van der Waals surface area contributed by atoms with E-state index in [4.69, 9.17) is 4.74 Å². The largest absolute Gasteiger partial charge is 0.377 e. The highest BCUT2D eigenvalue weighted by molar-refractivity contribution is 5.95. The lowest BCUT2D eigenvalue weighted by Crippen LogP contribution is -2.35. The molecule has 0 radical (unpaired) electrons. The second-order valence-corrected chi connectivity index (χ2v) is 6.87. The molecular formula is C21H29NO2. The third kappa shape index (κ3) is 4.07. The van der Waals surface area contributed by atoms with Crippen LogP contribution >= 0.6 is 0 Å². The van der Waals surface area contributed by atoms with Crippen LogP contribution < -0.4 is 0 Å². The number of benzene rings is 1. The molecule has 1 aromatic rings. The molecule has 130 valence electrons. The van der Waals surface area contributed by atoms with Crippen molar-refractivity contribution in [1.29, 1.82) is 0 Å². The van der Waals surface area contributed by atoms with Crippen molar-refractivity contribution in [3.63, 3.8) is 0 Å². The lowest BCUT2D eigenvalue weighted by Gasteiger charge is -2.36. The van der Waals surface area contributed by atoms with Crippen LogP contribution in [-0.2, 0) is 16.1 Å². The number of hydrogen-bond acceptors (Lipinski definition) is 3. The molecule has 0 bridgehead atoms. The maximum Gasteiger partial charge on any atom is 0.160 e. The Morgan fingerprint density at radius 1 is 1.25 bits per heavy atom. The number of carbonyl (C=O) groups excluding carboxylic acids is 1. The first kappa shape index (κ1) is 17.2. The van der Waals surface area contributed by atoms with Crippen LogP contribution in [0.25, 0.3) is 0 Å². The highest BCUT2D eigenvalue weighted by Crippen LogP contribution is 2.36. The summed E-state index contributed by atoms with van der Waals surface area (Å²) >= 11 is 0. The molecule has 0 aromatic heterocycles. The highest BCUT2D eigenvalue weighted by Gasteiger charge is 2.33. The molecule has 24 heavy (non-hydrogen) atoms. The Labute approximate surface area is 145 Å². The Balaban J connectivity index is 1.54. The number of ether oxygens (including phenoxy) is 1. The van der Waals surface area contributed by atoms with Gasteiger partial charge in [0.1, 0.15) is 0 Å². The molecule has 0 aliphatic carbocycles. The van der Waals surface area contributed by atoms with E-state index in [1.807, 2.05) is 25.1 Å². The van der Waals surface area contributed by atoms with Crippen molar-refractivity contribution < 1.29 is 9.53 Å². The fourth-order valence-corrected chi connectivity index (χ4v) is 4.03. The van der Waals surface area contributed by atoms with Crippen molar-refractivity contribution in [2.24, 2.45) is 0 Å². The monoisotopic (exact) mass is 327 g/mol. The predicted octanol–water partition coefficient (Wildman–Crippen LogP) is 4.47. The quantitative estimate of drug-likeness (QED) is 0.660. The van der Waals surface area contributed by atoms with E-state index in [-0.39, 0.29) is 0 Å². The average Bonchev–Trinajstić information content (AvgIpc) is 3.10. The Kier molecular flexibility index (Phi) is 6.08. The first-order valence-electron chi connectivity index (χ1n) is 9.43. The SMILES string of the molecule is CCC(=O)C1=C(CCCOCc2ccccc2)N2CCC[C@@H]2CC1. The zero-order chi connectivity index (χ0) is 16.8. The summed E-state index contributed by atoms with van der Waals surface area (Å²) in [7, 11) is 0. The van der Waals surface area contributed by atoms with Gasteiger partial charge in [0.15, 0.2) is 5.78 Å². The third-order valence-corrected chi connectivity index (χ3v) is 5.27. The van der Waals surface area contributed by atoms with E-state index in [9.17, 15) is 4.79 Å². The van der Waals surface area contributed by atoms with Crippen molar-refractivity contribution >= 4 is 5.78 Å². The minimum Gasteiger partial charge on any atom is -0.377 e. The number of hydrogen-bond donors (Lipinski definition) is 0. The van der Waals surface area contributed by atoms with Crippen molar-refractivity contribution in [2.75, 3.05) is 13.2 Å². The molecular weight excluding hydrogens is 298 g/mol.